The van der Waals surface area contributed by atoms with Crippen molar-refractivity contribution < 1.29 is 4.79 Å². The number of carbonyl (C=O) groups excluding carboxylic acids is 1. The van der Waals surface area contributed by atoms with Crippen molar-refractivity contribution in [3.63, 3.8) is 0 Å². The van der Waals surface area contributed by atoms with Crippen LogP contribution in [-0.4, -0.2) is 22.7 Å². The van der Waals surface area contributed by atoms with Gasteiger partial charge in [-0.1, -0.05) is 54.2 Å². The SMILES string of the molecule is C[C@@H](CCc1ccccc1)NC(=O)CSc1nc2ccccc2s1. The van der Waals surface area contributed by atoms with E-state index in [4.69, 9.17) is 0 Å². The Balaban J connectivity index is 1.43. The number of carbonyl (C=O) groups is 1. The minimum atomic E-state index is 0.0693. The summed E-state index contributed by atoms with van der Waals surface area (Å²) in [6, 6.07) is 18.6. The number of fused-ring (bicyclic) bond motifs is 1. The quantitative estimate of drug-likeness (QED) is 0.633. The molecule has 0 fully saturated rings. The fraction of sp³-hybridized carbons (Fsp3) is 0.263. The molecule has 3 aromatic rings. The number of para-hydroxylation sites is 1. The summed E-state index contributed by atoms with van der Waals surface area (Å²) in [6.45, 7) is 2.06. The van der Waals surface area contributed by atoms with E-state index in [0.29, 0.717) is 5.75 Å². The van der Waals surface area contributed by atoms with Crippen molar-refractivity contribution in [3.8, 4) is 0 Å². The van der Waals surface area contributed by atoms with Gasteiger partial charge in [0.15, 0.2) is 4.34 Å². The van der Waals surface area contributed by atoms with Gasteiger partial charge < -0.3 is 5.32 Å². The highest BCUT2D eigenvalue weighted by Crippen LogP contribution is 2.29. The lowest BCUT2D eigenvalue weighted by Crippen LogP contribution is -2.34. The Kier molecular flexibility index (Phi) is 5.88. The van der Waals surface area contributed by atoms with Crippen molar-refractivity contribution in [2.75, 3.05) is 5.75 Å². The van der Waals surface area contributed by atoms with Crippen molar-refractivity contribution in [1.82, 2.24) is 10.3 Å². The first-order chi connectivity index (χ1) is 11.7. The molecule has 2 aromatic carbocycles. The van der Waals surface area contributed by atoms with Gasteiger partial charge in [-0.2, -0.15) is 0 Å². The average Bonchev–Trinajstić information content (AvgIpc) is 3.02. The monoisotopic (exact) mass is 356 g/mol. The Morgan fingerprint density at radius 3 is 2.71 bits per heavy atom. The maximum atomic E-state index is 12.1. The van der Waals surface area contributed by atoms with Crippen LogP contribution >= 0.6 is 23.1 Å². The summed E-state index contributed by atoms with van der Waals surface area (Å²) in [4.78, 5) is 16.6. The number of rotatable bonds is 7. The molecule has 1 amide bonds. The normalized spacial score (nSPS) is 12.2. The molecule has 0 aliphatic carbocycles. The van der Waals surface area contributed by atoms with Gasteiger partial charge in [-0.25, -0.2) is 4.98 Å². The van der Waals surface area contributed by atoms with Gasteiger partial charge in [0.1, 0.15) is 0 Å². The summed E-state index contributed by atoms with van der Waals surface area (Å²) in [6.07, 6.45) is 1.93. The Morgan fingerprint density at radius 1 is 1.17 bits per heavy atom. The Labute approximate surface area is 150 Å². The predicted octanol–water partition coefficient (Wildman–Crippen LogP) is 4.53. The molecule has 0 radical (unpaired) electrons. The molecule has 0 unspecified atom stereocenters. The van der Waals surface area contributed by atoms with E-state index in [2.05, 4.69) is 35.4 Å². The van der Waals surface area contributed by atoms with E-state index in [1.165, 1.54) is 17.3 Å². The third-order valence-electron chi connectivity index (χ3n) is 3.72. The maximum Gasteiger partial charge on any atom is 0.230 e. The van der Waals surface area contributed by atoms with Gasteiger partial charge in [0.05, 0.1) is 16.0 Å². The van der Waals surface area contributed by atoms with Gasteiger partial charge in [-0.15, -0.1) is 11.3 Å². The first kappa shape index (κ1) is 17.0. The number of benzene rings is 2. The van der Waals surface area contributed by atoms with Crippen LogP contribution in [0.15, 0.2) is 58.9 Å². The average molecular weight is 357 g/mol. The number of hydrogen-bond acceptors (Lipinski definition) is 4. The molecule has 1 atom stereocenters. The van der Waals surface area contributed by atoms with Crippen molar-refractivity contribution in [2.24, 2.45) is 0 Å². The second-order valence-corrected chi connectivity index (χ2v) is 7.98. The highest BCUT2D eigenvalue weighted by molar-refractivity contribution is 8.01. The van der Waals surface area contributed by atoms with Crippen molar-refractivity contribution in [3.05, 3.63) is 60.2 Å². The van der Waals surface area contributed by atoms with Gasteiger partial charge in [0, 0.05) is 6.04 Å². The Hall–Kier alpha value is -1.85. The molecule has 124 valence electrons. The smallest absolute Gasteiger partial charge is 0.230 e. The molecule has 0 aliphatic rings. The number of aromatic nitrogens is 1. The molecule has 1 heterocycles. The number of hydrogen-bond donors (Lipinski definition) is 1. The predicted molar refractivity (Wildman–Crippen MR) is 103 cm³/mol. The number of amides is 1. The largest absolute Gasteiger partial charge is 0.353 e. The van der Waals surface area contributed by atoms with E-state index in [1.54, 1.807) is 11.3 Å². The molecule has 1 aromatic heterocycles. The molecule has 0 aliphatic heterocycles. The lowest BCUT2D eigenvalue weighted by molar-refractivity contribution is -0.119. The van der Waals surface area contributed by atoms with Crippen LogP contribution in [0.25, 0.3) is 10.2 Å². The first-order valence-electron chi connectivity index (χ1n) is 8.02. The molecule has 5 heteroatoms. The second kappa shape index (κ2) is 8.31. The molecule has 1 N–H and O–H groups in total. The van der Waals surface area contributed by atoms with E-state index in [9.17, 15) is 4.79 Å². The molecule has 3 nitrogen and oxygen atoms in total. The van der Waals surface area contributed by atoms with Crippen LogP contribution in [0.1, 0.15) is 18.9 Å². The van der Waals surface area contributed by atoms with Crippen LogP contribution in [0.3, 0.4) is 0 Å². The van der Waals surface area contributed by atoms with E-state index >= 15 is 0 Å². The summed E-state index contributed by atoms with van der Waals surface area (Å²) in [5.74, 6) is 0.481. The fourth-order valence-corrected chi connectivity index (χ4v) is 4.34. The lowest BCUT2D eigenvalue weighted by atomic mass is 10.1. The minimum Gasteiger partial charge on any atom is -0.353 e. The number of nitrogens with zero attached hydrogens (tertiary/aromatic N) is 1. The van der Waals surface area contributed by atoms with Crippen LogP contribution in [0.4, 0.5) is 0 Å². The molecular weight excluding hydrogens is 336 g/mol. The van der Waals surface area contributed by atoms with Gasteiger partial charge >= 0.3 is 0 Å². The van der Waals surface area contributed by atoms with Crippen LogP contribution in [0, 0.1) is 0 Å². The van der Waals surface area contributed by atoms with Gasteiger partial charge in [0.25, 0.3) is 0 Å². The van der Waals surface area contributed by atoms with Crippen LogP contribution < -0.4 is 5.32 Å². The number of thioether (sulfide) groups is 1. The summed E-state index contributed by atoms with van der Waals surface area (Å²) >= 11 is 3.14. The molecular formula is C19H20N2OS2. The number of nitrogens with one attached hydrogen (secondary N) is 1. The second-order valence-electron chi connectivity index (χ2n) is 5.73. The molecule has 0 spiro atoms. The van der Waals surface area contributed by atoms with Crippen LogP contribution in [0.2, 0.25) is 0 Å². The Bertz CT molecular complexity index is 768. The standard InChI is InChI=1S/C19H20N2OS2/c1-14(11-12-15-7-3-2-4-8-15)20-18(22)13-23-19-21-16-9-5-6-10-17(16)24-19/h2-10,14H,11-13H2,1H3,(H,20,22)/t14-/m0/s1. The van der Waals surface area contributed by atoms with E-state index in [1.807, 2.05) is 36.4 Å². The maximum absolute atomic E-state index is 12.1. The van der Waals surface area contributed by atoms with Crippen LogP contribution in [-0.2, 0) is 11.2 Å². The zero-order valence-electron chi connectivity index (χ0n) is 13.6. The first-order valence-corrected chi connectivity index (χ1v) is 9.82. The zero-order valence-corrected chi connectivity index (χ0v) is 15.2. The fourth-order valence-electron chi connectivity index (χ4n) is 2.46. The number of thiazole rings is 1. The minimum absolute atomic E-state index is 0.0693. The van der Waals surface area contributed by atoms with Gasteiger partial charge in [0.2, 0.25) is 5.91 Å². The lowest BCUT2D eigenvalue weighted by Gasteiger charge is -2.13. The summed E-state index contributed by atoms with van der Waals surface area (Å²) in [7, 11) is 0. The number of aryl methyl sites for hydroxylation is 1. The van der Waals surface area contributed by atoms with Crippen molar-refractivity contribution in [1.29, 1.82) is 0 Å². The Morgan fingerprint density at radius 2 is 1.92 bits per heavy atom. The third-order valence-corrected chi connectivity index (χ3v) is 5.90. The topological polar surface area (TPSA) is 42.0 Å². The molecule has 0 bridgehead atoms. The van der Waals surface area contributed by atoms with Gasteiger partial charge in [-0.3, -0.25) is 4.79 Å². The summed E-state index contributed by atoms with van der Waals surface area (Å²) in [5.41, 5.74) is 2.31. The molecule has 0 saturated heterocycles. The summed E-state index contributed by atoms with van der Waals surface area (Å²) in [5, 5.41) is 3.07. The highest BCUT2D eigenvalue weighted by Gasteiger charge is 2.10. The van der Waals surface area contributed by atoms with E-state index < -0.39 is 0 Å². The zero-order chi connectivity index (χ0) is 16.8. The van der Waals surface area contributed by atoms with E-state index in [0.717, 1.165) is 27.4 Å². The summed E-state index contributed by atoms with van der Waals surface area (Å²) < 4.78 is 2.11. The highest BCUT2D eigenvalue weighted by atomic mass is 32.2. The third kappa shape index (κ3) is 4.82. The van der Waals surface area contributed by atoms with Crippen molar-refractivity contribution >= 4 is 39.2 Å². The van der Waals surface area contributed by atoms with Crippen LogP contribution in [0.5, 0.6) is 0 Å². The molecule has 0 saturated carbocycles. The molecule has 24 heavy (non-hydrogen) atoms. The molecule has 3 rings (SSSR count). The van der Waals surface area contributed by atoms with Gasteiger partial charge in [-0.05, 0) is 37.5 Å². The van der Waals surface area contributed by atoms with E-state index in [-0.39, 0.29) is 11.9 Å². The van der Waals surface area contributed by atoms with Crippen molar-refractivity contribution in [2.45, 2.75) is 30.1 Å².